The van der Waals surface area contributed by atoms with Gasteiger partial charge in [0.25, 0.3) is 0 Å². The zero-order valence-electron chi connectivity index (χ0n) is 9.13. The fourth-order valence-corrected chi connectivity index (χ4v) is 1.53. The summed E-state index contributed by atoms with van der Waals surface area (Å²) < 4.78 is 75.6. The van der Waals surface area contributed by atoms with Crippen molar-refractivity contribution in [3.05, 3.63) is 34.4 Å². The van der Waals surface area contributed by atoms with Crippen molar-refractivity contribution in [2.75, 3.05) is 0 Å². The third-order valence-electron chi connectivity index (χ3n) is 2.24. The Morgan fingerprint density at radius 1 is 0.850 bits per heavy atom. The molecule has 0 bridgehead atoms. The lowest BCUT2D eigenvalue weighted by molar-refractivity contribution is -0.162. The highest BCUT2D eigenvalue weighted by molar-refractivity contribution is 6.03. The number of hydrogen-bond donors (Lipinski definition) is 2. The van der Waals surface area contributed by atoms with E-state index in [0.717, 1.165) is 0 Å². The van der Waals surface area contributed by atoms with Crippen LogP contribution in [0.1, 0.15) is 31.8 Å². The van der Waals surface area contributed by atoms with Gasteiger partial charge in [-0.3, -0.25) is 0 Å². The number of benzene rings is 1. The molecule has 0 aliphatic rings. The van der Waals surface area contributed by atoms with Crippen molar-refractivity contribution in [2.24, 2.45) is 0 Å². The molecule has 0 unspecified atom stereocenters. The van der Waals surface area contributed by atoms with Crippen LogP contribution in [-0.4, -0.2) is 22.2 Å². The third kappa shape index (κ3) is 2.83. The number of rotatable bonds is 2. The summed E-state index contributed by atoms with van der Waals surface area (Å²) in [4.78, 5) is 21.4. The standard InChI is InChI=1S/C10H4F6O4/c11-9(12,13)4-2-1-3(7(17)18)5(8(19)20)6(4)10(14,15)16/h1-2H,(H,17,18)(H,19,20). The van der Waals surface area contributed by atoms with Crippen LogP contribution in [0.5, 0.6) is 0 Å². The summed E-state index contributed by atoms with van der Waals surface area (Å²) in [5.74, 6) is -4.50. The van der Waals surface area contributed by atoms with Crippen molar-refractivity contribution in [2.45, 2.75) is 12.4 Å². The average Bonchev–Trinajstić information content (AvgIpc) is 2.24. The van der Waals surface area contributed by atoms with Gasteiger partial charge in [0.1, 0.15) is 0 Å². The Morgan fingerprint density at radius 2 is 1.35 bits per heavy atom. The van der Waals surface area contributed by atoms with Gasteiger partial charge in [-0.2, -0.15) is 26.3 Å². The van der Waals surface area contributed by atoms with Crippen molar-refractivity contribution < 1.29 is 46.1 Å². The van der Waals surface area contributed by atoms with Crippen LogP contribution in [0.4, 0.5) is 26.3 Å². The zero-order valence-corrected chi connectivity index (χ0v) is 9.13. The number of alkyl halides is 6. The molecule has 110 valence electrons. The molecule has 4 nitrogen and oxygen atoms in total. The molecule has 10 heteroatoms. The highest BCUT2D eigenvalue weighted by atomic mass is 19.4. The molecule has 0 radical (unpaired) electrons. The van der Waals surface area contributed by atoms with E-state index in [1.165, 1.54) is 0 Å². The second-order valence-electron chi connectivity index (χ2n) is 3.52. The summed E-state index contributed by atoms with van der Waals surface area (Å²) >= 11 is 0. The van der Waals surface area contributed by atoms with Gasteiger partial charge in [-0.25, -0.2) is 9.59 Å². The molecule has 1 aromatic rings. The molecule has 0 heterocycles. The van der Waals surface area contributed by atoms with Gasteiger partial charge < -0.3 is 10.2 Å². The van der Waals surface area contributed by atoms with Gasteiger partial charge in [-0.05, 0) is 12.1 Å². The Balaban J connectivity index is 3.91. The van der Waals surface area contributed by atoms with Gasteiger partial charge in [-0.15, -0.1) is 0 Å². The third-order valence-corrected chi connectivity index (χ3v) is 2.24. The van der Waals surface area contributed by atoms with E-state index in [-0.39, 0.29) is 12.1 Å². The lowest BCUT2D eigenvalue weighted by Crippen LogP contribution is -2.23. The zero-order chi connectivity index (χ0) is 15.9. The highest BCUT2D eigenvalue weighted by Gasteiger charge is 2.47. The van der Waals surface area contributed by atoms with E-state index in [0.29, 0.717) is 0 Å². The minimum atomic E-state index is -5.68. The number of hydrogen-bond acceptors (Lipinski definition) is 2. The molecule has 1 aromatic carbocycles. The van der Waals surface area contributed by atoms with Crippen LogP contribution in [0.3, 0.4) is 0 Å². The fourth-order valence-electron chi connectivity index (χ4n) is 1.53. The van der Waals surface area contributed by atoms with Gasteiger partial charge in [0.15, 0.2) is 0 Å². The molecular weight excluding hydrogens is 298 g/mol. The van der Waals surface area contributed by atoms with Crippen LogP contribution in [-0.2, 0) is 12.4 Å². The number of carboxylic acids is 2. The van der Waals surface area contributed by atoms with E-state index < -0.39 is 46.5 Å². The molecule has 1 rings (SSSR count). The Hall–Kier alpha value is -2.26. The Labute approximate surface area is 106 Å². The molecule has 0 spiro atoms. The topological polar surface area (TPSA) is 74.6 Å². The maximum atomic E-state index is 12.7. The van der Waals surface area contributed by atoms with Crippen molar-refractivity contribution in [3.8, 4) is 0 Å². The smallest absolute Gasteiger partial charge is 0.417 e. The van der Waals surface area contributed by atoms with Crippen LogP contribution in [0.2, 0.25) is 0 Å². The summed E-state index contributed by atoms with van der Waals surface area (Å²) in [5, 5.41) is 17.2. The average molecular weight is 302 g/mol. The molecule has 0 saturated heterocycles. The lowest BCUT2D eigenvalue weighted by atomic mass is 9.95. The van der Waals surface area contributed by atoms with E-state index in [4.69, 9.17) is 10.2 Å². The predicted octanol–water partition coefficient (Wildman–Crippen LogP) is 3.12. The van der Waals surface area contributed by atoms with Crippen LogP contribution in [0, 0.1) is 0 Å². The molecule has 2 N–H and O–H groups in total. The van der Waals surface area contributed by atoms with Crippen LogP contribution in [0.25, 0.3) is 0 Å². The van der Waals surface area contributed by atoms with E-state index in [2.05, 4.69) is 0 Å². The molecular formula is C10H4F6O4. The summed E-state index contributed by atoms with van der Waals surface area (Å²) in [6.07, 6.45) is -11.2. The Bertz CT molecular complexity index is 572. The number of carbonyl (C=O) groups is 2. The first-order chi connectivity index (χ1) is 8.87. The second kappa shape index (κ2) is 4.69. The summed E-state index contributed by atoms with van der Waals surface area (Å²) in [7, 11) is 0. The van der Waals surface area contributed by atoms with Crippen molar-refractivity contribution >= 4 is 11.9 Å². The molecule has 0 fully saturated rings. The normalized spacial score (nSPS) is 12.3. The lowest BCUT2D eigenvalue weighted by Gasteiger charge is -2.18. The van der Waals surface area contributed by atoms with Crippen molar-refractivity contribution in [1.82, 2.24) is 0 Å². The number of aromatic carboxylic acids is 2. The molecule has 0 atom stereocenters. The van der Waals surface area contributed by atoms with Crippen LogP contribution >= 0.6 is 0 Å². The largest absolute Gasteiger partial charge is 0.478 e. The number of halogens is 6. The SMILES string of the molecule is O=C(O)c1ccc(C(F)(F)F)c(C(F)(F)F)c1C(=O)O. The van der Waals surface area contributed by atoms with Crippen molar-refractivity contribution in [1.29, 1.82) is 0 Å². The first-order valence-electron chi connectivity index (χ1n) is 4.65. The van der Waals surface area contributed by atoms with E-state index in [1.54, 1.807) is 0 Å². The first-order valence-corrected chi connectivity index (χ1v) is 4.65. The Kier molecular flexibility index (Phi) is 3.70. The second-order valence-corrected chi connectivity index (χ2v) is 3.52. The first kappa shape index (κ1) is 15.8. The van der Waals surface area contributed by atoms with E-state index in [9.17, 15) is 35.9 Å². The van der Waals surface area contributed by atoms with Crippen LogP contribution < -0.4 is 0 Å². The molecule has 0 amide bonds. The van der Waals surface area contributed by atoms with E-state index in [1.807, 2.05) is 0 Å². The van der Waals surface area contributed by atoms with Gasteiger partial charge in [0, 0.05) is 0 Å². The summed E-state index contributed by atoms with van der Waals surface area (Å²) in [6, 6.07) is 0.0581. The van der Waals surface area contributed by atoms with Crippen molar-refractivity contribution in [3.63, 3.8) is 0 Å². The summed E-state index contributed by atoms with van der Waals surface area (Å²) in [5.41, 5.74) is -8.11. The molecule has 20 heavy (non-hydrogen) atoms. The van der Waals surface area contributed by atoms with Gasteiger partial charge in [0.2, 0.25) is 0 Å². The summed E-state index contributed by atoms with van der Waals surface area (Å²) in [6.45, 7) is 0. The number of carboxylic acid groups (broad SMARTS) is 2. The molecule has 0 aliphatic carbocycles. The fraction of sp³-hybridized carbons (Fsp3) is 0.200. The maximum absolute atomic E-state index is 12.7. The minimum absolute atomic E-state index is 0.112. The quantitative estimate of drug-likeness (QED) is 0.823. The molecule has 0 saturated carbocycles. The molecule has 0 aliphatic heterocycles. The predicted molar refractivity (Wildman–Crippen MR) is 50.4 cm³/mol. The Morgan fingerprint density at radius 3 is 1.65 bits per heavy atom. The monoisotopic (exact) mass is 302 g/mol. The minimum Gasteiger partial charge on any atom is -0.478 e. The highest BCUT2D eigenvalue weighted by Crippen LogP contribution is 2.43. The van der Waals surface area contributed by atoms with Crippen LogP contribution in [0.15, 0.2) is 12.1 Å². The van der Waals surface area contributed by atoms with Gasteiger partial charge in [-0.1, -0.05) is 0 Å². The van der Waals surface area contributed by atoms with E-state index >= 15 is 0 Å². The van der Waals surface area contributed by atoms with Gasteiger partial charge in [0.05, 0.1) is 22.3 Å². The van der Waals surface area contributed by atoms with Gasteiger partial charge >= 0.3 is 24.3 Å². The maximum Gasteiger partial charge on any atom is 0.417 e. The molecule has 0 aromatic heterocycles.